The molecule has 1 unspecified atom stereocenters. The summed E-state index contributed by atoms with van der Waals surface area (Å²) in [6, 6.07) is 7.54. The molecule has 10 heteroatoms. The lowest BCUT2D eigenvalue weighted by molar-refractivity contribution is 0.0303. The fraction of sp³-hybridized carbons (Fsp3) is 0.417. The van der Waals surface area contributed by atoms with Gasteiger partial charge in [0.2, 0.25) is 5.95 Å². The third-order valence-corrected chi connectivity index (χ3v) is 6.26. The van der Waals surface area contributed by atoms with Crippen LogP contribution < -0.4 is 15.8 Å². The van der Waals surface area contributed by atoms with E-state index in [2.05, 4.69) is 20.4 Å². The van der Waals surface area contributed by atoms with E-state index >= 15 is 0 Å². The van der Waals surface area contributed by atoms with E-state index in [1.165, 1.54) is 12.8 Å². The van der Waals surface area contributed by atoms with Gasteiger partial charge >= 0.3 is 0 Å². The number of aromatic nitrogens is 4. The number of hydrogen-bond donors (Lipinski definition) is 2. The summed E-state index contributed by atoms with van der Waals surface area (Å²) in [4.78, 5) is 23.7. The van der Waals surface area contributed by atoms with Gasteiger partial charge < -0.3 is 25.4 Å². The van der Waals surface area contributed by atoms with Crippen LogP contribution in [0.5, 0.6) is 5.75 Å². The predicted octanol–water partition coefficient (Wildman–Crippen LogP) is 2.47. The fourth-order valence-corrected chi connectivity index (χ4v) is 4.23. The molecule has 1 aromatic carbocycles. The maximum Gasteiger partial charge on any atom is 0.254 e. The second-order valence-electron chi connectivity index (χ2n) is 8.57. The summed E-state index contributed by atoms with van der Waals surface area (Å²) in [6.07, 6.45) is 7.75. The first kappa shape index (κ1) is 22.3. The number of ether oxygens (including phenoxy) is 2. The fourth-order valence-electron chi connectivity index (χ4n) is 4.23. The Morgan fingerprint density at radius 1 is 1.29 bits per heavy atom. The average molecular weight is 464 g/mol. The van der Waals surface area contributed by atoms with E-state index in [4.69, 9.17) is 15.2 Å². The van der Waals surface area contributed by atoms with Gasteiger partial charge in [0.05, 0.1) is 38.8 Å². The Labute approximate surface area is 198 Å². The van der Waals surface area contributed by atoms with Crippen LogP contribution in [0.1, 0.15) is 29.2 Å². The number of morpholine rings is 1. The lowest BCUT2D eigenvalue weighted by Gasteiger charge is -2.27. The van der Waals surface area contributed by atoms with E-state index in [-0.39, 0.29) is 11.9 Å². The molecule has 0 radical (unpaired) electrons. The molecule has 10 nitrogen and oxygen atoms in total. The summed E-state index contributed by atoms with van der Waals surface area (Å²) in [6.45, 7) is 2.88. The normalized spacial score (nSPS) is 16.8. The molecule has 1 amide bonds. The van der Waals surface area contributed by atoms with Crippen molar-refractivity contribution in [2.45, 2.75) is 18.9 Å². The predicted molar refractivity (Wildman–Crippen MR) is 127 cm³/mol. The van der Waals surface area contributed by atoms with Crippen LogP contribution in [0.4, 0.5) is 11.6 Å². The maximum absolute atomic E-state index is 12.8. The first-order chi connectivity index (χ1) is 16.7. The van der Waals surface area contributed by atoms with Crippen LogP contribution >= 0.6 is 0 Å². The van der Waals surface area contributed by atoms with Crippen molar-refractivity contribution in [3.8, 4) is 17.0 Å². The Kier molecular flexibility index (Phi) is 6.41. The average Bonchev–Trinajstić information content (AvgIpc) is 3.60. The minimum absolute atomic E-state index is 0.0131. The molecule has 2 fully saturated rings. The number of nitrogens with two attached hydrogens (primary N) is 1. The molecule has 1 aliphatic heterocycles. The molecule has 1 saturated heterocycles. The van der Waals surface area contributed by atoms with Gasteiger partial charge in [0.1, 0.15) is 5.69 Å². The molecule has 3 heterocycles. The van der Waals surface area contributed by atoms with Crippen LogP contribution in [-0.2, 0) is 4.74 Å². The summed E-state index contributed by atoms with van der Waals surface area (Å²) in [5.41, 5.74) is 8.79. The molecule has 3 aromatic rings. The van der Waals surface area contributed by atoms with Crippen LogP contribution in [0.25, 0.3) is 11.3 Å². The highest BCUT2D eigenvalue weighted by Gasteiger charge is 2.32. The van der Waals surface area contributed by atoms with E-state index in [0.29, 0.717) is 61.7 Å². The quantitative estimate of drug-likeness (QED) is 0.523. The summed E-state index contributed by atoms with van der Waals surface area (Å²) >= 11 is 0. The molecule has 3 N–H and O–H groups in total. The van der Waals surface area contributed by atoms with Crippen LogP contribution in [0.15, 0.2) is 42.9 Å². The monoisotopic (exact) mass is 463 g/mol. The highest BCUT2D eigenvalue weighted by atomic mass is 16.5. The number of anilines is 2. The molecule has 1 atom stereocenters. The van der Waals surface area contributed by atoms with Crippen molar-refractivity contribution in [2.75, 3.05) is 45.3 Å². The van der Waals surface area contributed by atoms with Crippen molar-refractivity contribution in [1.82, 2.24) is 24.6 Å². The summed E-state index contributed by atoms with van der Waals surface area (Å²) < 4.78 is 12.8. The second-order valence-corrected chi connectivity index (χ2v) is 8.57. The van der Waals surface area contributed by atoms with Gasteiger partial charge in [-0.3, -0.25) is 9.48 Å². The van der Waals surface area contributed by atoms with Crippen molar-refractivity contribution in [3.63, 3.8) is 0 Å². The molecule has 0 spiro atoms. The van der Waals surface area contributed by atoms with Gasteiger partial charge in [-0.25, -0.2) is 9.97 Å². The number of benzene rings is 1. The Bertz CT molecular complexity index is 1150. The van der Waals surface area contributed by atoms with Crippen LogP contribution in [-0.4, -0.2) is 70.5 Å². The minimum Gasteiger partial charge on any atom is -0.493 e. The highest BCUT2D eigenvalue weighted by Crippen LogP contribution is 2.39. The summed E-state index contributed by atoms with van der Waals surface area (Å²) in [5, 5.41) is 7.75. The third kappa shape index (κ3) is 4.73. The van der Waals surface area contributed by atoms with Crippen molar-refractivity contribution in [2.24, 2.45) is 11.7 Å². The molecule has 0 bridgehead atoms. The van der Waals surface area contributed by atoms with Crippen molar-refractivity contribution in [1.29, 1.82) is 0 Å². The molecule has 5 rings (SSSR count). The topological polar surface area (TPSA) is 120 Å². The van der Waals surface area contributed by atoms with E-state index in [0.717, 1.165) is 11.3 Å². The highest BCUT2D eigenvalue weighted by molar-refractivity contribution is 5.95. The zero-order valence-corrected chi connectivity index (χ0v) is 19.2. The van der Waals surface area contributed by atoms with Crippen LogP contribution in [0.2, 0.25) is 0 Å². The van der Waals surface area contributed by atoms with Gasteiger partial charge in [0.25, 0.3) is 5.91 Å². The number of carbonyl (C=O) groups is 1. The minimum atomic E-state index is -0.0131. The molecular weight excluding hydrogens is 434 g/mol. The largest absolute Gasteiger partial charge is 0.493 e. The van der Waals surface area contributed by atoms with Crippen molar-refractivity contribution < 1.29 is 14.3 Å². The van der Waals surface area contributed by atoms with E-state index < -0.39 is 0 Å². The standard InChI is InChI=1S/C24H29N7O3/c1-33-21-14-26-24(29-22(21)18-13-27-31(15-18)20(12-25)16-5-6-16)28-19-4-2-3-17(11-19)23(32)30-7-9-34-10-8-30/h2-4,11,13-16,20H,5-10,12,25H2,1H3,(H,26,28,29). The van der Waals surface area contributed by atoms with E-state index in [1.807, 2.05) is 35.1 Å². The summed E-state index contributed by atoms with van der Waals surface area (Å²) in [7, 11) is 1.59. The SMILES string of the molecule is COc1cnc(Nc2cccc(C(=O)N3CCOCC3)c2)nc1-c1cnn(C(CN)C2CC2)c1. The van der Waals surface area contributed by atoms with Crippen LogP contribution in [0, 0.1) is 5.92 Å². The Morgan fingerprint density at radius 3 is 2.85 bits per heavy atom. The van der Waals surface area contributed by atoms with Gasteiger partial charge in [-0.05, 0) is 37.0 Å². The Morgan fingerprint density at radius 2 is 2.12 bits per heavy atom. The number of nitrogens with one attached hydrogen (secondary N) is 1. The first-order valence-electron chi connectivity index (χ1n) is 11.6. The van der Waals surface area contributed by atoms with Crippen molar-refractivity contribution in [3.05, 3.63) is 48.4 Å². The van der Waals surface area contributed by atoms with Crippen molar-refractivity contribution >= 4 is 17.5 Å². The third-order valence-electron chi connectivity index (χ3n) is 6.26. The van der Waals surface area contributed by atoms with Gasteiger partial charge in [0.15, 0.2) is 5.75 Å². The van der Waals surface area contributed by atoms with E-state index in [9.17, 15) is 4.79 Å². The Hall–Kier alpha value is -3.50. The first-order valence-corrected chi connectivity index (χ1v) is 11.6. The zero-order chi connectivity index (χ0) is 23.5. The molecule has 2 aliphatic rings. The maximum atomic E-state index is 12.8. The number of methoxy groups -OCH3 is 1. The number of nitrogens with zero attached hydrogens (tertiary/aromatic N) is 5. The van der Waals surface area contributed by atoms with Gasteiger partial charge in [-0.1, -0.05) is 6.07 Å². The zero-order valence-electron chi connectivity index (χ0n) is 19.2. The molecular formula is C24H29N7O3. The van der Waals surface area contributed by atoms with Crippen LogP contribution in [0.3, 0.4) is 0 Å². The molecule has 34 heavy (non-hydrogen) atoms. The second kappa shape index (κ2) is 9.78. The number of hydrogen-bond acceptors (Lipinski definition) is 8. The molecule has 1 aliphatic carbocycles. The van der Waals surface area contributed by atoms with Gasteiger partial charge in [-0.15, -0.1) is 0 Å². The molecule has 178 valence electrons. The summed E-state index contributed by atoms with van der Waals surface area (Å²) in [5.74, 6) is 1.53. The Balaban J connectivity index is 1.37. The number of carbonyl (C=O) groups excluding carboxylic acids is 1. The number of amides is 1. The smallest absolute Gasteiger partial charge is 0.254 e. The number of rotatable bonds is 8. The van der Waals surface area contributed by atoms with E-state index in [1.54, 1.807) is 24.4 Å². The lowest BCUT2D eigenvalue weighted by Crippen LogP contribution is -2.40. The molecule has 2 aromatic heterocycles. The van der Waals surface area contributed by atoms with Gasteiger partial charge in [-0.2, -0.15) is 5.10 Å². The molecule has 1 saturated carbocycles. The van der Waals surface area contributed by atoms with Gasteiger partial charge in [0, 0.05) is 42.6 Å². The lowest BCUT2D eigenvalue weighted by atomic mass is 10.1.